The molecule has 0 radical (unpaired) electrons. The van der Waals surface area contributed by atoms with Crippen molar-refractivity contribution in [3.05, 3.63) is 23.5 Å². The zero-order chi connectivity index (χ0) is 15.0. The predicted octanol–water partition coefficient (Wildman–Crippen LogP) is 0.269. The van der Waals surface area contributed by atoms with Crippen LogP contribution in [0.3, 0.4) is 0 Å². The minimum atomic E-state index is -0.762. The third kappa shape index (κ3) is 2.48. The molecule has 3 atom stereocenters. The van der Waals surface area contributed by atoms with E-state index in [0.29, 0.717) is 13.0 Å². The van der Waals surface area contributed by atoms with Gasteiger partial charge in [0.1, 0.15) is 18.0 Å². The monoisotopic (exact) mass is 292 g/mol. The van der Waals surface area contributed by atoms with Crippen LogP contribution in [0.2, 0.25) is 0 Å². The van der Waals surface area contributed by atoms with E-state index in [0.717, 1.165) is 22.7 Å². The van der Waals surface area contributed by atoms with E-state index in [9.17, 15) is 10.2 Å². The Bertz CT molecular complexity index is 642. The van der Waals surface area contributed by atoms with Crippen molar-refractivity contribution in [1.82, 2.24) is 14.6 Å². The number of aliphatic hydroxyl groups excluding tert-OH is 2. The van der Waals surface area contributed by atoms with Crippen LogP contribution in [0.1, 0.15) is 17.7 Å². The van der Waals surface area contributed by atoms with Gasteiger partial charge in [-0.25, -0.2) is 4.98 Å². The number of aromatic nitrogens is 3. The standard InChI is InChI=1S/C14H20N4O3/c1-8-9(2)16-12-3-5-15-18(12)14(8)17-10-4-6-21-11(7-19)13(10)20/h3,5,10-11,13,17,19-20H,4,6-7H2,1-2H3/t10-,11+,13-/m0/s1. The van der Waals surface area contributed by atoms with Crippen molar-refractivity contribution < 1.29 is 14.9 Å². The summed E-state index contributed by atoms with van der Waals surface area (Å²) in [4.78, 5) is 4.47. The zero-order valence-electron chi connectivity index (χ0n) is 12.2. The molecule has 3 N–H and O–H groups in total. The molecule has 0 bridgehead atoms. The number of aliphatic hydroxyl groups is 2. The van der Waals surface area contributed by atoms with Gasteiger partial charge in [0.2, 0.25) is 0 Å². The molecule has 7 heteroatoms. The first kappa shape index (κ1) is 14.2. The van der Waals surface area contributed by atoms with Gasteiger partial charge in [0.05, 0.1) is 18.8 Å². The van der Waals surface area contributed by atoms with Crippen molar-refractivity contribution >= 4 is 11.5 Å². The lowest BCUT2D eigenvalue weighted by atomic mass is 9.99. The molecule has 2 aromatic heterocycles. The summed E-state index contributed by atoms with van der Waals surface area (Å²) >= 11 is 0. The molecular formula is C14H20N4O3. The lowest BCUT2D eigenvalue weighted by Gasteiger charge is -2.35. The normalized spacial score (nSPS) is 26.2. The van der Waals surface area contributed by atoms with E-state index < -0.39 is 12.2 Å². The zero-order valence-corrected chi connectivity index (χ0v) is 12.2. The van der Waals surface area contributed by atoms with Gasteiger partial charge in [0, 0.05) is 23.9 Å². The van der Waals surface area contributed by atoms with Crippen molar-refractivity contribution in [2.24, 2.45) is 0 Å². The number of nitrogens with one attached hydrogen (secondary N) is 1. The van der Waals surface area contributed by atoms with Crippen molar-refractivity contribution in [3.8, 4) is 0 Å². The van der Waals surface area contributed by atoms with Gasteiger partial charge in [-0.05, 0) is 20.3 Å². The van der Waals surface area contributed by atoms with E-state index in [1.54, 1.807) is 10.7 Å². The largest absolute Gasteiger partial charge is 0.394 e. The van der Waals surface area contributed by atoms with Crippen LogP contribution >= 0.6 is 0 Å². The number of nitrogens with zero attached hydrogens (tertiary/aromatic N) is 3. The first-order chi connectivity index (χ1) is 10.1. The molecule has 3 rings (SSSR count). The van der Waals surface area contributed by atoms with E-state index in [1.165, 1.54) is 0 Å². The molecule has 2 aromatic rings. The second-order valence-corrected chi connectivity index (χ2v) is 5.39. The molecule has 7 nitrogen and oxygen atoms in total. The number of anilines is 1. The van der Waals surface area contributed by atoms with E-state index in [1.807, 2.05) is 19.9 Å². The molecule has 1 saturated heterocycles. The van der Waals surface area contributed by atoms with E-state index in [-0.39, 0.29) is 12.6 Å². The highest BCUT2D eigenvalue weighted by molar-refractivity contribution is 5.55. The summed E-state index contributed by atoms with van der Waals surface area (Å²) in [5.41, 5.74) is 2.68. The first-order valence-corrected chi connectivity index (χ1v) is 7.10. The van der Waals surface area contributed by atoms with Gasteiger partial charge >= 0.3 is 0 Å². The average Bonchev–Trinajstić information content (AvgIpc) is 2.93. The second kappa shape index (κ2) is 5.59. The molecule has 21 heavy (non-hydrogen) atoms. The third-order valence-electron chi connectivity index (χ3n) is 4.07. The number of fused-ring (bicyclic) bond motifs is 1. The van der Waals surface area contributed by atoms with Crippen molar-refractivity contribution in [3.63, 3.8) is 0 Å². The van der Waals surface area contributed by atoms with E-state index >= 15 is 0 Å². The molecular weight excluding hydrogens is 272 g/mol. The molecule has 0 spiro atoms. The molecule has 1 fully saturated rings. The molecule has 3 heterocycles. The quantitative estimate of drug-likeness (QED) is 0.752. The smallest absolute Gasteiger partial charge is 0.157 e. The van der Waals surface area contributed by atoms with Gasteiger partial charge in [-0.1, -0.05) is 0 Å². The summed E-state index contributed by atoms with van der Waals surface area (Å²) in [6.07, 6.45) is 1.06. The molecule has 0 amide bonds. The predicted molar refractivity (Wildman–Crippen MR) is 77.3 cm³/mol. The van der Waals surface area contributed by atoms with Crippen molar-refractivity contribution in [1.29, 1.82) is 0 Å². The van der Waals surface area contributed by atoms with Crippen LogP contribution in [0.5, 0.6) is 0 Å². The minimum Gasteiger partial charge on any atom is -0.394 e. The molecule has 0 aliphatic carbocycles. The first-order valence-electron chi connectivity index (χ1n) is 7.10. The van der Waals surface area contributed by atoms with Gasteiger partial charge in [-0.15, -0.1) is 0 Å². The van der Waals surface area contributed by atoms with Gasteiger partial charge in [-0.2, -0.15) is 9.61 Å². The maximum Gasteiger partial charge on any atom is 0.157 e. The Kier molecular flexibility index (Phi) is 3.79. The fourth-order valence-electron chi connectivity index (χ4n) is 2.68. The molecule has 0 unspecified atom stereocenters. The number of ether oxygens (including phenoxy) is 1. The highest BCUT2D eigenvalue weighted by Gasteiger charge is 2.33. The maximum atomic E-state index is 10.3. The summed E-state index contributed by atoms with van der Waals surface area (Å²) in [5.74, 6) is 0.824. The molecule has 1 aliphatic heterocycles. The van der Waals surface area contributed by atoms with Gasteiger partial charge in [0.25, 0.3) is 0 Å². The molecule has 0 aromatic carbocycles. The van der Waals surface area contributed by atoms with Gasteiger partial charge < -0.3 is 20.3 Å². The van der Waals surface area contributed by atoms with Crippen LogP contribution in [0.25, 0.3) is 5.65 Å². The summed E-state index contributed by atoms with van der Waals surface area (Å²) in [7, 11) is 0. The Labute approximate surface area is 122 Å². The topological polar surface area (TPSA) is 91.9 Å². The fourth-order valence-corrected chi connectivity index (χ4v) is 2.68. The second-order valence-electron chi connectivity index (χ2n) is 5.39. The van der Waals surface area contributed by atoms with Crippen molar-refractivity contribution in [2.45, 2.75) is 38.5 Å². The summed E-state index contributed by atoms with van der Waals surface area (Å²) in [6, 6.07) is 1.65. The Balaban J connectivity index is 1.94. The Morgan fingerprint density at radius 2 is 2.29 bits per heavy atom. The number of aryl methyl sites for hydroxylation is 1. The van der Waals surface area contributed by atoms with Gasteiger partial charge in [0.15, 0.2) is 5.65 Å². The third-order valence-corrected chi connectivity index (χ3v) is 4.07. The molecule has 114 valence electrons. The van der Waals surface area contributed by atoms with E-state index in [2.05, 4.69) is 15.4 Å². The summed E-state index contributed by atoms with van der Waals surface area (Å²) < 4.78 is 7.09. The minimum absolute atomic E-state index is 0.190. The highest BCUT2D eigenvalue weighted by atomic mass is 16.5. The highest BCUT2D eigenvalue weighted by Crippen LogP contribution is 2.23. The summed E-state index contributed by atoms with van der Waals surface area (Å²) in [6.45, 7) is 4.24. The SMILES string of the molecule is Cc1nc2ccnn2c(N[C@H]2CCO[C@H](CO)[C@H]2O)c1C. The molecule has 1 aliphatic rings. The van der Waals surface area contributed by atoms with Crippen LogP contribution in [-0.2, 0) is 4.74 Å². The van der Waals surface area contributed by atoms with Crippen LogP contribution in [0.4, 0.5) is 5.82 Å². The Morgan fingerprint density at radius 1 is 1.48 bits per heavy atom. The average molecular weight is 292 g/mol. The van der Waals surface area contributed by atoms with E-state index in [4.69, 9.17) is 4.74 Å². The Morgan fingerprint density at radius 3 is 3.05 bits per heavy atom. The van der Waals surface area contributed by atoms with Crippen LogP contribution in [0.15, 0.2) is 12.3 Å². The lowest BCUT2D eigenvalue weighted by molar-refractivity contribution is -0.0997. The summed E-state index contributed by atoms with van der Waals surface area (Å²) in [5, 5.41) is 27.2. The lowest BCUT2D eigenvalue weighted by Crippen LogP contribution is -2.50. The Hall–Kier alpha value is -1.70. The number of hydrogen-bond acceptors (Lipinski definition) is 6. The van der Waals surface area contributed by atoms with Crippen LogP contribution in [0, 0.1) is 13.8 Å². The molecule has 0 saturated carbocycles. The van der Waals surface area contributed by atoms with Crippen LogP contribution < -0.4 is 5.32 Å². The number of rotatable bonds is 3. The fraction of sp³-hybridized carbons (Fsp3) is 0.571. The number of hydrogen-bond donors (Lipinski definition) is 3. The maximum absolute atomic E-state index is 10.3. The van der Waals surface area contributed by atoms with Crippen molar-refractivity contribution in [2.75, 3.05) is 18.5 Å². The van der Waals surface area contributed by atoms with Gasteiger partial charge in [-0.3, -0.25) is 0 Å². The van der Waals surface area contributed by atoms with Crippen LogP contribution in [-0.4, -0.2) is 56.3 Å².